The largest absolute Gasteiger partial charge is 0.304 e. The smallest absolute Gasteiger partial charge is 0.238 e. The molecule has 0 radical (unpaired) electrons. The highest BCUT2D eigenvalue weighted by Gasteiger charge is 2.25. The van der Waals surface area contributed by atoms with Gasteiger partial charge in [0.1, 0.15) is 0 Å². The van der Waals surface area contributed by atoms with E-state index in [9.17, 15) is 4.79 Å². The SMILES string of the molecule is CCC(C(=O)Cl)N1CCN(C)CC1. The highest BCUT2D eigenvalue weighted by molar-refractivity contribution is 6.64. The summed E-state index contributed by atoms with van der Waals surface area (Å²) in [5, 5.41) is -0.216. The molecule has 0 spiro atoms. The van der Waals surface area contributed by atoms with E-state index < -0.39 is 0 Å². The van der Waals surface area contributed by atoms with Crippen LogP contribution in [0.25, 0.3) is 0 Å². The Bertz CT molecular complexity index is 178. The van der Waals surface area contributed by atoms with Crippen LogP contribution in [-0.2, 0) is 4.79 Å². The van der Waals surface area contributed by atoms with Gasteiger partial charge in [-0.1, -0.05) is 6.92 Å². The molecule has 1 atom stereocenters. The van der Waals surface area contributed by atoms with Gasteiger partial charge in [0.25, 0.3) is 0 Å². The Labute approximate surface area is 84.6 Å². The van der Waals surface area contributed by atoms with Crippen molar-refractivity contribution in [3.63, 3.8) is 0 Å². The van der Waals surface area contributed by atoms with Crippen LogP contribution in [0.1, 0.15) is 13.3 Å². The Morgan fingerprint density at radius 3 is 2.31 bits per heavy atom. The molecule has 1 saturated heterocycles. The summed E-state index contributed by atoms with van der Waals surface area (Å²) < 4.78 is 0. The van der Waals surface area contributed by atoms with Crippen molar-refractivity contribution < 1.29 is 4.79 Å². The lowest BCUT2D eigenvalue weighted by atomic mass is 10.2. The first-order valence-electron chi connectivity index (χ1n) is 4.77. The molecule has 0 aliphatic carbocycles. The summed E-state index contributed by atoms with van der Waals surface area (Å²) >= 11 is 5.52. The highest BCUT2D eigenvalue weighted by Crippen LogP contribution is 2.10. The quantitative estimate of drug-likeness (QED) is 0.635. The Kier molecular flexibility index (Phi) is 4.16. The Morgan fingerprint density at radius 1 is 1.38 bits per heavy atom. The van der Waals surface area contributed by atoms with E-state index in [0.717, 1.165) is 32.6 Å². The van der Waals surface area contributed by atoms with Crippen molar-refractivity contribution >= 4 is 16.8 Å². The van der Waals surface area contributed by atoms with Gasteiger partial charge >= 0.3 is 0 Å². The number of carbonyl (C=O) groups is 1. The average Bonchev–Trinajstić information content (AvgIpc) is 2.09. The molecular weight excluding hydrogens is 188 g/mol. The number of piperazine rings is 1. The molecule has 1 fully saturated rings. The van der Waals surface area contributed by atoms with Gasteiger partial charge in [0.15, 0.2) is 0 Å². The lowest BCUT2D eigenvalue weighted by Crippen LogP contribution is -2.50. The first-order valence-corrected chi connectivity index (χ1v) is 5.15. The Hall–Kier alpha value is -0.120. The van der Waals surface area contributed by atoms with Crippen LogP contribution < -0.4 is 0 Å². The van der Waals surface area contributed by atoms with Gasteiger partial charge in [-0.2, -0.15) is 0 Å². The number of likely N-dealkylation sites (N-methyl/N-ethyl adjacent to an activating group) is 1. The molecule has 1 unspecified atom stereocenters. The molecule has 1 aliphatic rings. The third kappa shape index (κ3) is 2.93. The van der Waals surface area contributed by atoms with Crippen molar-refractivity contribution in [2.75, 3.05) is 33.2 Å². The summed E-state index contributed by atoms with van der Waals surface area (Å²) in [4.78, 5) is 15.5. The van der Waals surface area contributed by atoms with E-state index in [4.69, 9.17) is 11.6 Å². The number of rotatable bonds is 3. The zero-order valence-corrected chi connectivity index (χ0v) is 9.05. The number of nitrogens with zero attached hydrogens (tertiary/aromatic N) is 2. The molecule has 0 N–H and O–H groups in total. The second-order valence-electron chi connectivity index (χ2n) is 3.57. The predicted octanol–water partition coefficient (Wildman–Crippen LogP) is 0.778. The number of hydrogen-bond donors (Lipinski definition) is 0. The summed E-state index contributed by atoms with van der Waals surface area (Å²) in [7, 11) is 2.10. The molecule has 0 saturated carbocycles. The van der Waals surface area contributed by atoms with Crippen LogP contribution in [0.5, 0.6) is 0 Å². The predicted molar refractivity (Wildman–Crippen MR) is 54.0 cm³/mol. The van der Waals surface area contributed by atoms with E-state index in [1.807, 2.05) is 6.92 Å². The number of carbonyl (C=O) groups excluding carboxylic acids is 1. The molecule has 0 aromatic rings. The molecule has 1 rings (SSSR count). The van der Waals surface area contributed by atoms with Gasteiger partial charge in [-0.15, -0.1) is 0 Å². The van der Waals surface area contributed by atoms with Gasteiger partial charge < -0.3 is 4.90 Å². The third-order valence-corrected chi connectivity index (χ3v) is 2.88. The van der Waals surface area contributed by atoms with Gasteiger partial charge in [-0.3, -0.25) is 9.69 Å². The molecule has 0 aromatic carbocycles. The maximum absolute atomic E-state index is 11.1. The minimum Gasteiger partial charge on any atom is -0.304 e. The molecular formula is C9H17ClN2O. The molecule has 4 heteroatoms. The minimum atomic E-state index is -0.216. The molecule has 0 amide bonds. The molecule has 13 heavy (non-hydrogen) atoms. The summed E-state index contributed by atoms with van der Waals surface area (Å²) in [5.41, 5.74) is 0. The van der Waals surface area contributed by atoms with Crippen LogP contribution >= 0.6 is 11.6 Å². The summed E-state index contributed by atoms with van der Waals surface area (Å²) in [6, 6.07) is -0.0737. The standard InChI is InChI=1S/C9H17ClN2O/c1-3-8(9(10)13)12-6-4-11(2)5-7-12/h8H,3-7H2,1-2H3. The van der Waals surface area contributed by atoms with Crippen LogP contribution in [-0.4, -0.2) is 54.3 Å². The van der Waals surface area contributed by atoms with Gasteiger partial charge in [-0.25, -0.2) is 0 Å². The van der Waals surface area contributed by atoms with Crippen molar-refractivity contribution in [1.29, 1.82) is 0 Å². The van der Waals surface area contributed by atoms with Gasteiger partial charge in [0.2, 0.25) is 5.24 Å². The second kappa shape index (κ2) is 4.94. The minimum absolute atomic E-state index is 0.0737. The van der Waals surface area contributed by atoms with Crippen LogP contribution in [0.4, 0.5) is 0 Å². The maximum Gasteiger partial charge on any atom is 0.238 e. The molecule has 0 bridgehead atoms. The summed E-state index contributed by atoms with van der Waals surface area (Å²) in [6.45, 7) is 5.96. The van der Waals surface area contributed by atoms with Crippen LogP contribution in [0.3, 0.4) is 0 Å². The molecule has 1 heterocycles. The van der Waals surface area contributed by atoms with Crippen molar-refractivity contribution in [2.45, 2.75) is 19.4 Å². The first-order chi connectivity index (χ1) is 6.15. The lowest BCUT2D eigenvalue weighted by molar-refractivity contribution is -0.117. The zero-order chi connectivity index (χ0) is 9.84. The van der Waals surface area contributed by atoms with Crippen LogP contribution in [0.15, 0.2) is 0 Å². The van der Waals surface area contributed by atoms with Gasteiger partial charge in [0.05, 0.1) is 6.04 Å². The second-order valence-corrected chi connectivity index (χ2v) is 3.94. The summed E-state index contributed by atoms with van der Waals surface area (Å²) in [6.07, 6.45) is 0.812. The summed E-state index contributed by atoms with van der Waals surface area (Å²) in [5.74, 6) is 0. The fourth-order valence-electron chi connectivity index (χ4n) is 1.70. The molecule has 1 aliphatic heterocycles. The van der Waals surface area contributed by atoms with Gasteiger partial charge in [0, 0.05) is 26.2 Å². The maximum atomic E-state index is 11.1. The lowest BCUT2D eigenvalue weighted by Gasteiger charge is -2.35. The number of hydrogen-bond acceptors (Lipinski definition) is 3. The molecule has 0 aromatic heterocycles. The van der Waals surface area contributed by atoms with Crippen LogP contribution in [0.2, 0.25) is 0 Å². The number of halogens is 1. The first kappa shape index (κ1) is 11.0. The topological polar surface area (TPSA) is 23.6 Å². The average molecular weight is 205 g/mol. The fourth-order valence-corrected chi connectivity index (χ4v) is 1.99. The van der Waals surface area contributed by atoms with Crippen molar-refractivity contribution in [2.24, 2.45) is 0 Å². The Balaban J connectivity index is 2.46. The van der Waals surface area contributed by atoms with Gasteiger partial charge in [-0.05, 0) is 25.1 Å². The van der Waals surface area contributed by atoms with E-state index in [0.29, 0.717) is 0 Å². The monoisotopic (exact) mass is 204 g/mol. The molecule has 76 valence electrons. The third-order valence-electron chi connectivity index (χ3n) is 2.63. The zero-order valence-electron chi connectivity index (χ0n) is 8.29. The van der Waals surface area contributed by atoms with E-state index in [1.165, 1.54) is 0 Å². The fraction of sp³-hybridized carbons (Fsp3) is 0.889. The van der Waals surface area contributed by atoms with Crippen molar-refractivity contribution in [3.8, 4) is 0 Å². The molecule has 3 nitrogen and oxygen atoms in total. The van der Waals surface area contributed by atoms with Crippen LogP contribution in [0, 0.1) is 0 Å². The normalized spacial score (nSPS) is 23.0. The highest BCUT2D eigenvalue weighted by atomic mass is 35.5. The van der Waals surface area contributed by atoms with Crippen molar-refractivity contribution in [1.82, 2.24) is 9.80 Å². The van der Waals surface area contributed by atoms with E-state index in [2.05, 4.69) is 16.8 Å². The van der Waals surface area contributed by atoms with Crippen molar-refractivity contribution in [3.05, 3.63) is 0 Å². The van der Waals surface area contributed by atoms with E-state index >= 15 is 0 Å². The van der Waals surface area contributed by atoms with E-state index in [-0.39, 0.29) is 11.3 Å². The van der Waals surface area contributed by atoms with E-state index in [1.54, 1.807) is 0 Å². The Morgan fingerprint density at radius 2 is 1.92 bits per heavy atom.